The molecule has 1 aliphatic carbocycles. The fraction of sp³-hybridized carbons (Fsp3) is 0.643. The van der Waals surface area contributed by atoms with Gasteiger partial charge in [0.05, 0.1) is 22.9 Å². The lowest BCUT2D eigenvalue weighted by Crippen LogP contribution is -2.20. The Morgan fingerprint density at radius 1 is 1.47 bits per heavy atom. The van der Waals surface area contributed by atoms with Crippen LogP contribution in [0, 0.1) is 0 Å². The molecule has 1 aliphatic rings. The third kappa shape index (κ3) is 3.91. The minimum absolute atomic E-state index is 0.182. The van der Waals surface area contributed by atoms with Crippen molar-refractivity contribution in [3.8, 4) is 0 Å². The molecular weight excluding hydrogens is 304 g/mol. The van der Waals surface area contributed by atoms with Gasteiger partial charge in [0.25, 0.3) is 0 Å². The van der Waals surface area contributed by atoms with Crippen LogP contribution in [-0.4, -0.2) is 41.4 Å². The summed E-state index contributed by atoms with van der Waals surface area (Å²) >= 11 is 3.63. The van der Waals surface area contributed by atoms with Gasteiger partial charge in [-0.3, -0.25) is 4.68 Å². The average molecular weight is 327 g/mol. The fourth-order valence-electron chi connectivity index (χ4n) is 2.46. The molecule has 0 bridgehead atoms. The predicted octanol–water partition coefficient (Wildman–Crippen LogP) is 2.49. The van der Waals surface area contributed by atoms with Crippen molar-refractivity contribution in [3.63, 3.8) is 0 Å². The first-order valence-electron chi connectivity index (χ1n) is 6.90. The molecule has 0 amide bonds. The molecule has 0 saturated carbocycles. The van der Waals surface area contributed by atoms with Crippen molar-refractivity contribution < 1.29 is 0 Å². The van der Waals surface area contributed by atoms with Crippen LogP contribution in [0.1, 0.15) is 31.4 Å². The highest BCUT2D eigenvalue weighted by atomic mass is 79.9. The Labute approximate surface area is 123 Å². The van der Waals surface area contributed by atoms with Gasteiger partial charge >= 0.3 is 0 Å². The molecule has 1 unspecified atom stereocenters. The maximum atomic E-state index is 6.12. The summed E-state index contributed by atoms with van der Waals surface area (Å²) in [6.07, 6.45) is 8.73. The van der Waals surface area contributed by atoms with E-state index in [1.165, 1.54) is 24.1 Å². The zero-order valence-electron chi connectivity index (χ0n) is 11.8. The normalized spacial score (nSPS) is 20.5. The number of halogens is 1. The third-order valence-electron chi connectivity index (χ3n) is 3.51. The minimum Gasteiger partial charge on any atom is -0.324 e. The Bertz CT molecular complexity index is 450. The third-order valence-corrected chi connectivity index (χ3v) is 4.09. The molecule has 1 aromatic heterocycles. The SMILES string of the molecule is CN(C)CCn1ncc(Br)c1C1=CC(N)CCCC1. The summed E-state index contributed by atoms with van der Waals surface area (Å²) in [5, 5.41) is 4.48. The van der Waals surface area contributed by atoms with Crippen LogP contribution in [-0.2, 0) is 6.54 Å². The highest BCUT2D eigenvalue weighted by molar-refractivity contribution is 9.10. The standard InChI is InChI=1S/C14H23BrN4/c1-18(2)7-8-19-14(13(15)10-17-19)11-5-3-4-6-12(16)9-11/h9-10,12H,3-8,16H2,1-2H3. The molecule has 19 heavy (non-hydrogen) atoms. The molecule has 1 aromatic rings. The predicted molar refractivity (Wildman–Crippen MR) is 82.9 cm³/mol. The number of rotatable bonds is 4. The molecule has 4 nitrogen and oxygen atoms in total. The zero-order valence-corrected chi connectivity index (χ0v) is 13.4. The van der Waals surface area contributed by atoms with Gasteiger partial charge in [-0.1, -0.05) is 12.5 Å². The first kappa shape index (κ1) is 14.8. The van der Waals surface area contributed by atoms with Crippen molar-refractivity contribution in [1.82, 2.24) is 14.7 Å². The maximum absolute atomic E-state index is 6.12. The van der Waals surface area contributed by atoms with Gasteiger partial charge in [0.15, 0.2) is 0 Å². The van der Waals surface area contributed by atoms with Crippen LogP contribution in [0.3, 0.4) is 0 Å². The van der Waals surface area contributed by atoms with E-state index >= 15 is 0 Å². The van der Waals surface area contributed by atoms with Crippen molar-refractivity contribution in [3.05, 3.63) is 22.4 Å². The average Bonchev–Trinajstić information content (AvgIpc) is 2.58. The van der Waals surface area contributed by atoms with Crippen molar-refractivity contribution in [2.45, 2.75) is 38.3 Å². The van der Waals surface area contributed by atoms with Crippen LogP contribution < -0.4 is 5.73 Å². The Hall–Kier alpha value is -0.650. The van der Waals surface area contributed by atoms with Crippen molar-refractivity contribution in [2.24, 2.45) is 5.73 Å². The van der Waals surface area contributed by atoms with Crippen molar-refractivity contribution >= 4 is 21.5 Å². The molecule has 2 rings (SSSR count). The molecule has 0 radical (unpaired) electrons. The van der Waals surface area contributed by atoms with Crippen molar-refractivity contribution in [2.75, 3.05) is 20.6 Å². The second-order valence-corrected chi connectivity index (χ2v) is 6.32. The second-order valence-electron chi connectivity index (χ2n) is 5.47. The summed E-state index contributed by atoms with van der Waals surface area (Å²) in [4.78, 5) is 2.17. The Kier molecular flexibility index (Phi) is 5.19. The van der Waals surface area contributed by atoms with E-state index in [9.17, 15) is 0 Å². The lowest BCUT2D eigenvalue weighted by atomic mass is 10.1. The lowest BCUT2D eigenvalue weighted by Gasteiger charge is -2.14. The number of nitrogens with zero attached hydrogens (tertiary/aromatic N) is 3. The van der Waals surface area contributed by atoms with Crippen LogP contribution in [0.25, 0.3) is 5.57 Å². The maximum Gasteiger partial charge on any atom is 0.0782 e. The van der Waals surface area contributed by atoms with Crippen LogP contribution in [0.5, 0.6) is 0 Å². The van der Waals surface area contributed by atoms with E-state index in [1.54, 1.807) is 0 Å². The molecule has 0 fully saturated rings. The summed E-state index contributed by atoms with van der Waals surface area (Å²) < 4.78 is 3.17. The van der Waals surface area contributed by atoms with Crippen LogP contribution in [0.2, 0.25) is 0 Å². The highest BCUT2D eigenvalue weighted by Crippen LogP contribution is 2.30. The van der Waals surface area contributed by atoms with Gasteiger partial charge in [-0.05, 0) is 54.9 Å². The quantitative estimate of drug-likeness (QED) is 0.924. The van der Waals surface area contributed by atoms with Crippen molar-refractivity contribution in [1.29, 1.82) is 0 Å². The summed E-state index contributed by atoms with van der Waals surface area (Å²) in [5.41, 5.74) is 8.67. The summed E-state index contributed by atoms with van der Waals surface area (Å²) in [6.45, 7) is 1.89. The molecule has 106 valence electrons. The number of likely N-dealkylation sites (N-methyl/N-ethyl adjacent to an activating group) is 1. The number of allylic oxidation sites excluding steroid dienone is 1. The summed E-state index contributed by atoms with van der Waals surface area (Å²) in [5.74, 6) is 0. The number of hydrogen-bond donors (Lipinski definition) is 1. The molecule has 1 atom stereocenters. The van der Waals surface area contributed by atoms with Crippen LogP contribution >= 0.6 is 15.9 Å². The Balaban J connectivity index is 2.24. The van der Waals surface area contributed by atoms with Gasteiger partial charge in [-0.15, -0.1) is 0 Å². The molecule has 0 aliphatic heterocycles. The highest BCUT2D eigenvalue weighted by Gasteiger charge is 2.17. The zero-order chi connectivity index (χ0) is 13.8. The van der Waals surface area contributed by atoms with Gasteiger partial charge < -0.3 is 10.6 Å². The van der Waals surface area contributed by atoms with E-state index in [0.717, 1.165) is 30.4 Å². The molecule has 2 N–H and O–H groups in total. The Morgan fingerprint density at radius 3 is 3.00 bits per heavy atom. The van der Waals surface area contributed by atoms with E-state index in [0.29, 0.717) is 0 Å². The smallest absolute Gasteiger partial charge is 0.0782 e. The van der Waals surface area contributed by atoms with Crippen LogP contribution in [0.15, 0.2) is 16.7 Å². The van der Waals surface area contributed by atoms with Gasteiger partial charge in [0, 0.05) is 12.6 Å². The van der Waals surface area contributed by atoms with Gasteiger partial charge in [0.2, 0.25) is 0 Å². The summed E-state index contributed by atoms with van der Waals surface area (Å²) in [7, 11) is 4.16. The molecular formula is C14H23BrN4. The summed E-state index contributed by atoms with van der Waals surface area (Å²) in [6, 6.07) is 0.182. The molecule has 1 heterocycles. The number of hydrogen-bond acceptors (Lipinski definition) is 3. The number of aromatic nitrogens is 2. The second kappa shape index (κ2) is 6.68. The van der Waals surface area contributed by atoms with E-state index in [4.69, 9.17) is 5.73 Å². The van der Waals surface area contributed by atoms with Gasteiger partial charge in [-0.2, -0.15) is 5.10 Å². The largest absolute Gasteiger partial charge is 0.324 e. The van der Waals surface area contributed by atoms with Crippen LogP contribution in [0.4, 0.5) is 0 Å². The van der Waals surface area contributed by atoms with E-state index in [2.05, 4.69) is 50.8 Å². The van der Waals surface area contributed by atoms with Gasteiger partial charge in [-0.25, -0.2) is 0 Å². The topological polar surface area (TPSA) is 47.1 Å². The van der Waals surface area contributed by atoms with E-state index in [1.807, 2.05) is 6.20 Å². The lowest BCUT2D eigenvalue weighted by molar-refractivity contribution is 0.372. The minimum atomic E-state index is 0.182. The molecule has 0 spiro atoms. The Morgan fingerprint density at radius 2 is 2.26 bits per heavy atom. The first-order valence-corrected chi connectivity index (χ1v) is 7.70. The van der Waals surface area contributed by atoms with Gasteiger partial charge in [0.1, 0.15) is 0 Å². The van der Waals surface area contributed by atoms with E-state index < -0.39 is 0 Å². The van der Waals surface area contributed by atoms with E-state index in [-0.39, 0.29) is 6.04 Å². The number of nitrogens with two attached hydrogens (primary N) is 1. The first-order chi connectivity index (χ1) is 9.08. The molecule has 5 heteroatoms. The monoisotopic (exact) mass is 326 g/mol. The molecule has 0 saturated heterocycles. The fourth-order valence-corrected chi connectivity index (χ4v) is 3.01. The molecule has 0 aromatic carbocycles.